The van der Waals surface area contributed by atoms with Crippen molar-refractivity contribution < 1.29 is 0 Å². The van der Waals surface area contributed by atoms with E-state index in [4.69, 9.17) is 4.98 Å². The van der Waals surface area contributed by atoms with Crippen molar-refractivity contribution in [1.82, 2.24) is 15.0 Å². The first-order valence-electron chi connectivity index (χ1n) is 10.9. The molecule has 2 aromatic carbocycles. The van der Waals surface area contributed by atoms with E-state index in [1.54, 1.807) is 12.4 Å². The molecule has 5 rings (SSSR count). The molecule has 0 saturated carbocycles. The molecule has 3 aromatic heterocycles. The summed E-state index contributed by atoms with van der Waals surface area (Å²) in [4.78, 5) is 16.0. The van der Waals surface area contributed by atoms with Crippen LogP contribution in [0.15, 0.2) is 109 Å². The van der Waals surface area contributed by atoms with Crippen molar-refractivity contribution >= 4 is 5.69 Å². The molecule has 0 aliphatic heterocycles. The number of aromatic nitrogens is 3. The summed E-state index contributed by atoms with van der Waals surface area (Å²) < 4.78 is 0. The highest BCUT2D eigenvalue weighted by molar-refractivity contribution is 5.77. The Morgan fingerprint density at radius 2 is 0.939 bits per heavy atom. The van der Waals surface area contributed by atoms with Gasteiger partial charge in [0.05, 0.1) is 22.8 Å². The van der Waals surface area contributed by atoms with Gasteiger partial charge in [0, 0.05) is 32.2 Å². The van der Waals surface area contributed by atoms with Gasteiger partial charge < -0.3 is 4.90 Å². The third-order valence-electron chi connectivity index (χ3n) is 5.62. The van der Waals surface area contributed by atoms with Crippen molar-refractivity contribution in [3.63, 3.8) is 0 Å². The summed E-state index contributed by atoms with van der Waals surface area (Å²) in [6.45, 7) is 0. The van der Waals surface area contributed by atoms with E-state index in [2.05, 4.69) is 89.6 Å². The minimum atomic E-state index is 0.831. The van der Waals surface area contributed by atoms with Crippen LogP contribution >= 0.6 is 0 Å². The summed E-state index contributed by atoms with van der Waals surface area (Å²) in [5.41, 5.74) is 9.13. The lowest BCUT2D eigenvalue weighted by atomic mass is 9.99. The van der Waals surface area contributed by atoms with Crippen molar-refractivity contribution in [1.29, 1.82) is 0 Å². The molecule has 4 heteroatoms. The van der Waals surface area contributed by atoms with Crippen LogP contribution in [0.25, 0.3) is 45.0 Å². The lowest BCUT2D eigenvalue weighted by Gasteiger charge is -2.13. The fourth-order valence-electron chi connectivity index (χ4n) is 3.80. The summed E-state index contributed by atoms with van der Waals surface area (Å²) in [6, 6.07) is 33.2. The Morgan fingerprint density at radius 1 is 0.485 bits per heavy atom. The average molecular weight is 429 g/mol. The van der Waals surface area contributed by atoms with Crippen LogP contribution in [0.3, 0.4) is 0 Å². The number of hydrogen-bond acceptors (Lipinski definition) is 4. The summed E-state index contributed by atoms with van der Waals surface area (Å²) in [6.07, 6.45) is 3.58. The van der Waals surface area contributed by atoms with Crippen molar-refractivity contribution in [3.8, 4) is 45.0 Å². The van der Waals surface area contributed by atoms with Crippen LogP contribution < -0.4 is 4.90 Å². The highest BCUT2D eigenvalue weighted by Crippen LogP contribution is 2.31. The standard InChI is InChI=1S/C29H24N4/c1-33(2)25-15-13-22(14-16-25)21-9-11-23(12-10-21)24-19-28(26-7-3-5-17-30-26)32-29(20-24)27-8-4-6-18-31-27/h3-20H,1-2H3. The maximum atomic E-state index is 4.86. The molecule has 4 nitrogen and oxygen atoms in total. The van der Waals surface area contributed by atoms with Gasteiger partial charge in [-0.1, -0.05) is 48.5 Å². The van der Waals surface area contributed by atoms with Gasteiger partial charge >= 0.3 is 0 Å². The quantitative estimate of drug-likeness (QED) is 0.316. The molecule has 5 aromatic rings. The average Bonchev–Trinajstić information content (AvgIpc) is 2.89. The Bertz CT molecular complexity index is 1290. The minimum absolute atomic E-state index is 0.831. The Kier molecular flexibility index (Phi) is 5.64. The van der Waals surface area contributed by atoms with E-state index in [1.165, 1.54) is 16.8 Å². The highest BCUT2D eigenvalue weighted by atomic mass is 15.1. The molecule has 0 aliphatic rings. The second-order valence-corrected chi connectivity index (χ2v) is 8.07. The first kappa shape index (κ1) is 20.6. The molecule has 0 atom stereocenters. The Labute approximate surface area is 194 Å². The van der Waals surface area contributed by atoms with Gasteiger partial charge in [0.2, 0.25) is 0 Å². The van der Waals surface area contributed by atoms with Gasteiger partial charge in [-0.05, 0) is 70.8 Å². The molecule has 0 aliphatic carbocycles. The third-order valence-corrected chi connectivity index (χ3v) is 5.62. The van der Waals surface area contributed by atoms with E-state index in [-0.39, 0.29) is 0 Å². The van der Waals surface area contributed by atoms with Crippen molar-refractivity contribution in [2.45, 2.75) is 0 Å². The number of nitrogens with zero attached hydrogens (tertiary/aromatic N) is 4. The van der Waals surface area contributed by atoms with Crippen molar-refractivity contribution in [2.75, 3.05) is 19.0 Å². The topological polar surface area (TPSA) is 41.9 Å². The van der Waals surface area contributed by atoms with E-state index < -0.39 is 0 Å². The molecule has 0 amide bonds. The number of benzene rings is 2. The van der Waals surface area contributed by atoms with Gasteiger partial charge in [0.1, 0.15) is 0 Å². The molecule has 0 spiro atoms. The van der Waals surface area contributed by atoms with Crippen LogP contribution in [0, 0.1) is 0 Å². The fourth-order valence-corrected chi connectivity index (χ4v) is 3.80. The van der Waals surface area contributed by atoms with Crippen LogP contribution in [0.4, 0.5) is 5.69 Å². The molecule has 160 valence electrons. The number of pyridine rings is 3. The fraction of sp³-hybridized carbons (Fsp3) is 0.0690. The predicted octanol–water partition coefficient (Wildman–Crippen LogP) is 6.61. The van der Waals surface area contributed by atoms with Crippen molar-refractivity contribution in [2.24, 2.45) is 0 Å². The molecule has 0 fully saturated rings. The molecule has 0 saturated heterocycles. The van der Waals surface area contributed by atoms with Gasteiger partial charge in [-0.3, -0.25) is 9.97 Å². The first-order valence-corrected chi connectivity index (χ1v) is 10.9. The molecule has 33 heavy (non-hydrogen) atoms. The zero-order chi connectivity index (χ0) is 22.6. The van der Waals surface area contributed by atoms with E-state index >= 15 is 0 Å². The molecule has 0 unspecified atom stereocenters. The molecule has 3 heterocycles. The van der Waals surface area contributed by atoms with Crippen LogP contribution in [0.5, 0.6) is 0 Å². The largest absolute Gasteiger partial charge is 0.378 e. The number of hydrogen-bond donors (Lipinski definition) is 0. The van der Waals surface area contributed by atoms with E-state index in [1.807, 2.05) is 36.4 Å². The molecule has 0 N–H and O–H groups in total. The molecule has 0 bridgehead atoms. The van der Waals surface area contributed by atoms with Gasteiger partial charge in [0.25, 0.3) is 0 Å². The Hall–Kier alpha value is -4.31. The van der Waals surface area contributed by atoms with Crippen LogP contribution in [0.1, 0.15) is 0 Å². The zero-order valence-electron chi connectivity index (χ0n) is 18.7. The maximum absolute atomic E-state index is 4.86. The predicted molar refractivity (Wildman–Crippen MR) is 136 cm³/mol. The molecular weight excluding hydrogens is 404 g/mol. The van der Waals surface area contributed by atoms with Gasteiger partial charge in [-0.15, -0.1) is 0 Å². The Balaban J connectivity index is 1.54. The maximum Gasteiger partial charge on any atom is 0.0900 e. The number of rotatable bonds is 5. The Morgan fingerprint density at radius 3 is 1.36 bits per heavy atom. The van der Waals surface area contributed by atoms with Crippen molar-refractivity contribution in [3.05, 3.63) is 109 Å². The van der Waals surface area contributed by atoms with Gasteiger partial charge in [-0.25, -0.2) is 4.98 Å². The molecule has 0 radical (unpaired) electrons. The first-order chi connectivity index (χ1) is 16.2. The smallest absolute Gasteiger partial charge is 0.0900 e. The highest BCUT2D eigenvalue weighted by Gasteiger charge is 2.10. The van der Waals surface area contributed by atoms with E-state index in [0.29, 0.717) is 0 Å². The monoisotopic (exact) mass is 428 g/mol. The van der Waals surface area contributed by atoms with E-state index in [9.17, 15) is 0 Å². The summed E-state index contributed by atoms with van der Waals surface area (Å²) in [7, 11) is 4.11. The zero-order valence-corrected chi connectivity index (χ0v) is 18.7. The summed E-state index contributed by atoms with van der Waals surface area (Å²) >= 11 is 0. The lowest BCUT2D eigenvalue weighted by molar-refractivity contribution is 1.13. The molecular formula is C29H24N4. The summed E-state index contributed by atoms with van der Waals surface area (Å²) in [5.74, 6) is 0. The second kappa shape index (κ2) is 9.05. The van der Waals surface area contributed by atoms with Crippen LogP contribution in [-0.4, -0.2) is 29.0 Å². The second-order valence-electron chi connectivity index (χ2n) is 8.07. The summed E-state index contributed by atoms with van der Waals surface area (Å²) in [5, 5.41) is 0. The lowest BCUT2D eigenvalue weighted by Crippen LogP contribution is -2.07. The van der Waals surface area contributed by atoms with Gasteiger partial charge in [-0.2, -0.15) is 0 Å². The third kappa shape index (κ3) is 4.51. The number of anilines is 1. The normalized spacial score (nSPS) is 10.7. The van der Waals surface area contributed by atoms with E-state index in [0.717, 1.165) is 33.9 Å². The minimum Gasteiger partial charge on any atom is -0.378 e. The van der Waals surface area contributed by atoms with Gasteiger partial charge in [0.15, 0.2) is 0 Å². The van der Waals surface area contributed by atoms with Crippen LogP contribution in [0.2, 0.25) is 0 Å². The SMILES string of the molecule is CN(C)c1ccc(-c2ccc(-c3cc(-c4ccccn4)nc(-c4ccccn4)c3)cc2)cc1. The van der Waals surface area contributed by atoms with Crippen LogP contribution in [-0.2, 0) is 0 Å².